The van der Waals surface area contributed by atoms with Crippen molar-refractivity contribution in [2.45, 2.75) is 26.9 Å². The van der Waals surface area contributed by atoms with Crippen LogP contribution in [0.3, 0.4) is 0 Å². The minimum atomic E-state index is -4.43. The van der Waals surface area contributed by atoms with E-state index in [9.17, 15) is 22.8 Å². The molecule has 2 amide bonds. The van der Waals surface area contributed by atoms with Crippen LogP contribution in [0.4, 0.5) is 24.5 Å². The zero-order valence-corrected chi connectivity index (χ0v) is 14.6. The molecule has 0 aliphatic carbocycles. The standard InChI is InChI=1S/C19H19F3N2O2/c1-12-4-9-17(10-13(12)2)24(14(3)25)11-18(26)23-16-7-5-15(6-8-16)19(20,21)22/h4-10H,11H2,1-3H3,(H,23,26). The maximum absolute atomic E-state index is 12.6. The van der Waals surface area contributed by atoms with E-state index in [0.717, 1.165) is 23.3 Å². The Morgan fingerprint density at radius 2 is 1.62 bits per heavy atom. The van der Waals surface area contributed by atoms with Gasteiger partial charge in [-0.05, 0) is 61.4 Å². The van der Waals surface area contributed by atoms with E-state index in [0.29, 0.717) is 5.69 Å². The molecule has 138 valence electrons. The van der Waals surface area contributed by atoms with Crippen molar-refractivity contribution in [2.24, 2.45) is 0 Å². The molecule has 0 radical (unpaired) electrons. The first kappa shape index (κ1) is 19.5. The molecule has 2 aromatic carbocycles. The summed E-state index contributed by atoms with van der Waals surface area (Å²) in [4.78, 5) is 25.4. The molecule has 1 N–H and O–H groups in total. The minimum absolute atomic E-state index is 0.228. The number of rotatable bonds is 4. The van der Waals surface area contributed by atoms with Gasteiger partial charge in [-0.2, -0.15) is 13.2 Å². The number of hydrogen-bond donors (Lipinski definition) is 1. The van der Waals surface area contributed by atoms with Gasteiger partial charge in [0, 0.05) is 18.3 Å². The van der Waals surface area contributed by atoms with Gasteiger partial charge >= 0.3 is 6.18 Å². The van der Waals surface area contributed by atoms with E-state index < -0.39 is 17.6 Å². The van der Waals surface area contributed by atoms with Crippen LogP contribution in [0.5, 0.6) is 0 Å². The fourth-order valence-electron chi connectivity index (χ4n) is 2.36. The van der Waals surface area contributed by atoms with Crippen molar-refractivity contribution in [1.82, 2.24) is 0 Å². The van der Waals surface area contributed by atoms with Gasteiger partial charge in [0.05, 0.1) is 5.56 Å². The lowest BCUT2D eigenvalue weighted by Gasteiger charge is -2.21. The first-order valence-corrected chi connectivity index (χ1v) is 7.90. The molecule has 0 spiro atoms. The predicted octanol–water partition coefficient (Wildman–Crippen LogP) is 4.31. The number of anilines is 2. The normalized spacial score (nSPS) is 11.2. The number of hydrogen-bond acceptors (Lipinski definition) is 2. The summed E-state index contributed by atoms with van der Waals surface area (Å²) < 4.78 is 37.7. The number of carbonyl (C=O) groups is 2. The maximum atomic E-state index is 12.6. The van der Waals surface area contributed by atoms with Crippen molar-refractivity contribution in [3.8, 4) is 0 Å². The van der Waals surface area contributed by atoms with Crippen LogP contribution in [0.1, 0.15) is 23.6 Å². The highest BCUT2D eigenvalue weighted by molar-refractivity contribution is 6.01. The van der Waals surface area contributed by atoms with Gasteiger partial charge in [-0.15, -0.1) is 0 Å². The summed E-state index contributed by atoms with van der Waals surface area (Å²) >= 11 is 0. The van der Waals surface area contributed by atoms with Crippen LogP contribution in [0.15, 0.2) is 42.5 Å². The predicted molar refractivity (Wildman–Crippen MR) is 94.0 cm³/mol. The molecule has 2 rings (SSSR count). The van der Waals surface area contributed by atoms with E-state index in [4.69, 9.17) is 0 Å². The Balaban J connectivity index is 2.10. The first-order chi connectivity index (χ1) is 12.1. The van der Waals surface area contributed by atoms with E-state index in [-0.39, 0.29) is 18.1 Å². The molecule has 0 aliphatic rings. The van der Waals surface area contributed by atoms with Gasteiger partial charge in [0.1, 0.15) is 6.54 Å². The lowest BCUT2D eigenvalue weighted by molar-refractivity contribution is -0.137. The minimum Gasteiger partial charge on any atom is -0.325 e. The third kappa shape index (κ3) is 4.84. The number of alkyl halides is 3. The van der Waals surface area contributed by atoms with Gasteiger partial charge < -0.3 is 10.2 Å². The molecule has 7 heteroatoms. The van der Waals surface area contributed by atoms with Crippen LogP contribution in [0.25, 0.3) is 0 Å². The summed E-state index contributed by atoms with van der Waals surface area (Å²) in [6.07, 6.45) is -4.43. The van der Waals surface area contributed by atoms with Crippen molar-refractivity contribution >= 4 is 23.2 Å². The number of nitrogens with one attached hydrogen (secondary N) is 1. The third-order valence-corrected chi connectivity index (χ3v) is 3.98. The zero-order chi connectivity index (χ0) is 19.5. The Bertz CT molecular complexity index is 815. The quantitative estimate of drug-likeness (QED) is 0.879. The number of carbonyl (C=O) groups excluding carboxylic acids is 2. The summed E-state index contributed by atoms with van der Waals surface area (Å²) in [6.45, 7) is 4.95. The first-order valence-electron chi connectivity index (χ1n) is 7.90. The fraction of sp³-hybridized carbons (Fsp3) is 0.263. The summed E-state index contributed by atoms with van der Waals surface area (Å²) in [5.41, 5.74) is 2.06. The van der Waals surface area contributed by atoms with Gasteiger partial charge in [-0.1, -0.05) is 6.07 Å². The fourth-order valence-corrected chi connectivity index (χ4v) is 2.36. The largest absolute Gasteiger partial charge is 0.416 e. The molecule has 26 heavy (non-hydrogen) atoms. The Morgan fingerprint density at radius 1 is 1.00 bits per heavy atom. The summed E-state index contributed by atoms with van der Waals surface area (Å²) in [5.74, 6) is -0.811. The Kier molecular flexibility index (Phi) is 5.69. The second kappa shape index (κ2) is 7.59. The molecule has 0 bridgehead atoms. The number of benzene rings is 2. The highest BCUT2D eigenvalue weighted by Crippen LogP contribution is 2.29. The summed E-state index contributed by atoms with van der Waals surface area (Å²) in [7, 11) is 0. The second-order valence-corrected chi connectivity index (χ2v) is 6.00. The van der Waals surface area contributed by atoms with E-state index in [1.807, 2.05) is 26.0 Å². The van der Waals surface area contributed by atoms with E-state index >= 15 is 0 Å². The van der Waals surface area contributed by atoms with Crippen molar-refractivity contribution in [3.63, 3.8) is 0 Å². The highest BCUT2D eigenvalue weighted by atomic mass is 19.4. The molecule has 0 aromatic heterocycles. The van der Waals surface area contributed by atoms with Gasteiger partial charge in [-0.3, -0.25) is 9.59 Å². The Morgan fingerprint density at radius 3 is 2.12 bits per heavy atom. The number of halogens is 3. The van der Waals surface area contributed by atoms with Crippen molar-refractivity contribution in [3.05, 3.63) is 59.2 Å². The van der Waals surface area contributed by atoms with Crippen LogP contribution in [0, 0.1) is 13.8 Å². The van der Waals surface area contributed by atoms with Gasteiger partial charge in [0.25, 0.3) is 0 Å². The zero-order valence-electron chi connectivity index (χ0n) is 14.6. The van der Waals surface area contributed by atoms with Crippen molar-refractivity contribution < 1.29 is 22.8 Å². The molecule has 0 unspecified atom stereocenters. The van der Waals surface area contributed by atoms with E-state index in [1.165, 1.54) is 24.0 Å². The number of amides is 2. The van der Waals surface area contributed by atoms with Gasteiger partial charge in [0.2, 0.25) is 11.8 Å². The molecular weight excluding hydrogens is 345 g/mol. The lowest BCUT2D eigenvalue weighted by atomic mass is 10.1. The molecule has 2 aromatic rings. The summed E-state index contributed by atoms with van der Waals surface area (Å²) in [5, 5.41) is 2.50. The Hall–Kier alpha value is -2.83. The van der Waals surface area contributed by atoms with E-state index in [2.05, 4.69) is 5.32 Å². The highest BCUT2D eigenvalue weighted by Gasteiger charge is 2.30. The molecule has 0 aliphatic heterocycles. The number of aryl methyl sites for hydroxylation is 2. The molecule has 0 fully saturated rings. The van der Waals surface area contributed by atoms with Crippen molar-refractivity contribution in [2.75, 3.05) is 16.8 Å². The average molecular weight is 364 g/mol. The number of nitrogens with zero attached hydrogens (tertiary/aromatic N) is 1. The Labute approximate surface area is 149 Å². The molecule has 0 saturated carbocycles. The van der Waals surface area contributed by atoms with Crippen LogP contribution < -0.4 is 10.2 Å². The van der Waals surface area contributed by atoms with Crippen LogP contribution in [-0.4, -0.2) is 18.4 Å². The third-order valence-electron chi connectivity index (χ3n) is 3.98. The summed E-state index contributed by atoms with van der Waals surface area (Å²) in [6, 6.07) is 9.54. The monoisotopic (exact) mass is 364 g/mol. The van der Waals surface area contributed by atoms with Gasteiger partial charge in [-0.25, -0.2) is 0 Å². The van der Waals surface area contributed by atoms with Crippen molar-refractivity contribution in [1.29, 1.82) is 0 Å². The second-order valence-electron chi connectivity index (χ2n) is 6.00. The SMILES string of the molecule is CC(=O)N(CC(=O)Nc1ccc(C(F)(F)F)cc1)c1ccc(C)c(C)c1. The van der Waals surface area contributed by atoms with Crippen LogP contribution >= 0.6 is 0 Å². The topological polar surface area (TPSA) is 49.4 Å². The molecular formula is C19H19F3N2O2. The lowest BCUT2D eigenvalue weighted by Crippen LogP contribution is -2.36. The van der Waals surface area contributed by atoms with Crippen LogP contribution in [-0.2, 0) is 15.8 Å². The van der Waals surface area contributed by atoms with Gasteiger partial charge in [0.15, 0.2) is 0 Å². The molecule has 4 nitrogen and oxygen atoms in total. The average Bonchev–Trinajstić information content (AvgIpc) is 2.55. The maximum Gasteiger partial charge on any atom is 0.416 e. The van der Waals surface area contributed by atoms with E-state index in [1.54, 1.807) is 6.07 Å². The van der Waals surface area contributed by atoms with Crippen LogP contribution in [0.2, 0.25) is 0 Å². The molecule has 0 heterocycles. The molecule has 0 saturated heterocycles. The smallest absolute Gasteiger partial charge is 0.325 e. The molecule has 0 atom stereocenters.